The summed E-state index contributed by atoms with van der Waals surface area (Å²) in [5, 5.41) is 2.80. The Bertz CT molecular complexity index is 396. The lowest BCUT2D eigenvalue weighted by molar-refractivity contribution is 0.0951. The van der Waals surface area contributed by atoms with Crippen LogP contribution < -0.4 is 16.6 Å². The van der Waals surface area contributed by atoms with E-state index in [9.17, 15) is 4.79 Å². The first-order valence-corrected chi connectivity index (χ1v) is 5.89. The van der Waals surface area contributed by atoms with E-state index in [1.165, 1.54) is 0 Å². The molecule has 1 aromatic heterocycles. The monoisotopic (exact) mass is 301 g/mol. The summed E-state index contributed by atoms with van der Waals surface area (Å²) >= 11 is 3.27. The molecule has 0 spiro atoms. The molecular weight excluding hydrogens is 286 g/mol. The fraction of sp³-hybridized carbons (Fsp3) is 0.400. The molecule has 0 aliphatic heterocycles. The summed E-state index contributed by atoms with van der Waals surface area (Å²) in [5.74, 6) is 5.46. The van der Waals surface area contributed by atoms with Gasteiger partial charge in [0.05, 0.1) is 5.56 Å². The quantitative estimate of drug-likeness (QED) is 0.542. The van der Waals surface area contributed by atoms with Crippen LogP contribution in [0.1, 0.15) is 10.4 Å². The van der Waals surface area contributed by atoms with Crippen molar-refractivity contribution in [3.05, 3.63) is 22.3 Å². The summed E-state index contributed by atoms with van der Waals surface area (Å²) in [6.07, 6.45) is 1.58. The maximum Gasteiger partial charge on any atom is 0.255 e. The lowest BCUT2D eigenvalue weighted by atomic mass is 10.2. The standard InChI is InChI=1S/C10H16BrN5O/c1-16(2)4-3-13-10(17)8-5-7(11)6-14-9(8)15-12/h5-6H,3-4,12H2,1-2H3,(H,13,17)(H,14,15). The molecule has 17 heavy (non-hydrogen) atoms. The van der Waals surface area contributed by atoms with Gasteiger partial charge in [-0.3, -0.25) is 4.79 Å². The Kier molecular flexibility index (Phi) is 5.33. The molecule has 7 heteroatoms. The van der Waals surface area contributed by atoms with Gasteiger partial charge in [0.15, 0.2) is 5.82 Å². The fourth-order valence-corrected chi connectivity index (χ4v) is 1.55. The number of nitrogen functional groups attached to an aromatic ring is 1. The number of anilines is 1. The predicted molar refractivity (Wildman–Crippen MR) is 70.6 cm³/mol. The van der Waals surface area contributed by atoms with Gasteiger partial charge in [0.25, 0.3) is 5.91 Å². The Morgan fingerprint density at radius 2 is 2.29 bits per heavy atom. The van der Waals surface area contributed by atoms with Gasteiger partial charge in [-0.2, -0.15) is 0 Å². The van der Waals surface area contributed by atoms with Crippen molar-refractivity contribution in [3.8, 4) is 0 Å². The molecule has 0 radical (unpaired) electrons. The van der Waals surface area contributed by atoms with E-state index in [1.54, 1.807) is 12.3 Å². The van der Waals surface area contributed by atoms with Crippen LogP contribution in [0, 0.1) is 0 Å². The minimum absolute atomic E-state index is 0.200. The zero-order valence-corrected chi connectivity index (χ0v) is 11.4. The molecule has 0 saturated heterocycles. The van der Waals surface area contributed by atoms with Crippen LogP contribution in [0.3, 0.4) is 0 Å². The molecule has 6 nitrogen and oxygen atoms in total. The number of likely N-dealkylation sites (N-methyl/N-ethyl adjacent to an activating group) is 1. The number of hydrogen-bond acceptors (Lipinski definition) is 5. The van der Waals surface area contributed by atoms with Crippen LogP contribution in [0.4, 0.5) is 5.82 Å². The number of aromatic nitrogens is 1. The second kappa shape index (κ2) is 6.53. The maximum atomic E-state index is 11.9. The van der Waals surface area contributed by atoms with Gasteiger partial charge in [-0.15, -0.1) is 0 Å². The number of amides is 1. The number of pyridine rings is 1. The van der Waals surface area contributed by atoms with Crippen LogP contribution in [0.15, 0.2) is 16.7 Å². The highest BCUT2D eigenvalue weighted by molar-refractivity contribution is 9.10. The van der Waals surface area contributed by atoms with Gasteiger partial charge in [0, 0.05) is 23.8 Å². The van der Waals surface area contributed by atoms with Crippen LogP contribution in [-0.4, -0.2) is 43.0 Å². The van der Waals surface area contributed by atoms with E-state index in [-0.39, 0.29) is 5.91 Å². The van der Waals surface area contributed by atoms with Crippen LogP contribution in [0.2, 0.25) is 0 Å². The Labute approximate surface area is 109 Å². The van der Waals surface area contributed by atoms with Crippen molar-refractivity contribution in [2.24, 2.45) is 5.84 Å². The molecule has 94 valence electrons. The van der Waals surface area contributed by atoms with Crippen LogP contribution in [-0.2, 0) is 0 Å². The molecule has 1 rings (SSSR count). The molecule has 0 bridgehead atoms. The van der Waals surface area contributed by atoms with E-state index >= 15 is 0 Å². The average molecular weight is 302 g/mol. The Hall–Kier alpha value is -1.18. The van der Waals surface area contributed by atoms with Gasteiger partial charge >= 0.3 is 0 Å². The number of nitrogens with zero attached hydrogens (tertiary/aromatic N) is 2. The minimum Gasteiger partial charge on any atom is -0.351 e. The summed E-state index contributed by atoms with van der Waals surface area (Å²) < 4.78 is 0.731. The van der Waals surface area contributed by atoms with E-state index < -0.39 is 0 Å². The van der Waals surface area contributed by atoms with Crippen molar-refractivity contribution >= 4 is 27.7 Å². The van der Waals surface area contributed by atoms with Gasteiger partial charge in [0.2, 0.25) is 0 Å². The van der Waals surface area contributed by atoms with Crippen LogP contribution in [0.5, 0.6) is 0 Å². The predicted octanol–water partition coefficient (Wildman–Crippen LogP) is 0.421. The van der Waals surface area contributed by atoms with E-state index in [2.05, 4.69) is 31.7 Å². The van der Waals surface area contributed by atoms with Gasteiger partial charge in [0.1, 0.15) is 0 Å². The molecule has 1 aromatic rings. The zero-order valence-electron chi connectivity index (χ0n) is 9.83. The third-order valence-corrected chi connectivity index (χ3v) is 2.51. The second-order valence-electron chi connectivity index (χ2n) is 3.75. The molecule has 0 fully saturated rings. The van der Waals surface area contributed by atoms with Gasteiger partial charge < -0.3 is 15.6 Å². The highest BCUT2D eigenvalue weighted by Crippen LogP contribution is 2.16. The first-order valence-electron chi connectivity index (χ1n) is 5.09. The average Bonchev–Trinajstić information content (AvgIpc) is 2.28. The highest BCUT2D eigenvalue weighted by atomic mass is 79.9. The summed E-state index contributed by atoms with van der Waals surface area (Å²) in [5.41, 5.74) is 2.82. The molecule has 0 aliphatic carbocycles. The number of hydrazine groups is 1. The Balaban J connectivity index is 2.70. The molecule has 0 atom stereocenters. The van der Waals surface area contributed by atoms with Crippen molar-refractivity contribution in [1.82, 2.24) is 15.2 Å². The fourth-order valence-electron chi connectivity index (χ4n) is 1.22. The van der Waals surface area contributed by atoms with Gasteiger partial charge in [-0.1, -0.05) is 0 Å². The summed E-state index contributed by atoms with van der Waals surface area (Å²) in [6, 6.07) is 1.67. The molecule has 4 N–H and O–H groups in total. The van der Waals surface area contributed by atoms with Crippen LogP contribution >= 0.6 is 15.9 Å². The topological polar surface area (TPSA) is 83.3 Å². The zero-order chi connectivity index (χ0) is 12.8. The third kappa shape index (κ3) is 4.29. The smallest absolute Gasteiger partial charge is 0.255 e. The lowest BCUT2D eigenvalue weighted by Crippen LogP contribution is -2.32. The van der Waals surface area contributed by atoms with E-state index in [4.69, 9.17) is 5.84 Å². The highest BCUT2D eigenvalue weighted by Gasteiger charge is 2.12. The number of hydrogen-bond donors (Lipinski definition) is 3. The van der Waals surface area contributed by atoms with Crippen molar-refractivity contribution in [3.63, 3.8) is 0 Å². The van der Waals surface area contributed by atoms with Crippen molar-refractivity contribution in [2.45, 2.75) is 0 Å². The Morgan fingerprint density at radius 3 is 2.88 bits per heavy atom. The molecule has 1 heterocycles. The largest absolute Gasteiger partial charge is 0.351 e. The first kappa shape index (κ1) is 13.9. The summed E-state index contributed by atoms with van der Waals surface area (Å²) in [6.45, 7) is 1.35. The minimum atomic E-state index is -0.200. The number of carbonyl (C=O) groups excluding carboxylic acids is 1. The number of rotatable bonds is 5. The third-order valence-electron chi connectivity index (χ3n) is 2.08. The maximum absolute atomic E-state index is 11.9. The van der Waals surface area contributed by atoms with E-state index in [1.807, 2.05) is 19.0 Å². The molecule has 0 aliphatic rings. The number of nitrogens with two attached hydrogens (primary N) is 1. The Morgan fingerprint density at radius 1 is 1.59 bits per heavy atom. The number of carbonyl (C=O) groups is 1. The van der Waals surface area contributed by atoms with Crippen molar-refractivity contribution < 1.29 is 4.79 Å². The number of halogens is 1. The van der Waals surface area contributed by atoms with Gasteiger partial charge in [-0.05, 0) is 36.1 Å². The molecule has 0 aromatic carbocycles. The molecule has 0 unspecified atom stereocenters. The summed E-state index contributed by atoms with van der Waals surface area (Å²) in [4.78, 5) is 17.9. The first-order chi connectivity index (χ1) is 8.04. The molecule has 1 amide bonds. The second-order valence-corrected chi connectivity index (χ2v) is 4.67. The van der Waals surface area contributed by atoms with Gasteiger partial charge in [-0.25, -0.2) is 10.8 Å². The molecular formula is C10H16BrN5O. The lowest BCUT2D eigenvalue weighted by Gasteiger charge is -2.12. The van der Waals surface area contributed by atoms with E-state index in [0.717, 1.165) is 11.0 Å². The number of nitrogens with one attached hydrogen (secondary N) is 2. The van der Waals surface area contributed by atoms with E-state index in [0.29, 0.717) is 17.9 Å². The normalized spacial score (nSPS) is 10.4. The summed E-state index contributed by atoms with van der Waals surface area (Å²) in [7, 11) is 3.89. The molecule has 0 saturated carbocycles. The van der Waals surface area contributed by atoms with Crippen molar-refractivity contribution in [1.29, 1.82) is 0 Å². The van der Waals surface area contributed by atoms with Crippen LogP contribution in [0.25, 0.3) is 0 Å². The van der Waals surface area contributed by atoms with Crippen molar-refractivity contribution in [2.75, 3.05) is 32.6 Å². The SMILES string of the molecule is CN(C)CCNC(=O)c1cc(Br)cnc1NN.